The number of ether oxygens (including phenoxy) is 1. The zero-order chi connectivity index (χ0) is 12.7. The van der Waals surface area contributed by atoms with Crippen molar-refractivity contribution in [1.29, 1.82) is 0 Å². The standard InChI is InChI=1S/C14H22N4O/c1-2-11(1)17-5-3-12(9-17)18-10-16-7-13(18)14-8-15-4-6-19-14/h7,10-12,14-15H,1-6,8-9H2. The van der Waals surface area contributed by atoms with Crippen molar-refractivity contribution < 1.29 is 4.74 Å². The summed E-state index contributed by atoms with van der Waals surface area (Å²) < 4.78 is 8.23. The van der Waals surface area contributed by atoms with Gasteiger partial charge in [0.1, 0.15) is 6.10 Å². The fraction of sp³-hybridized carbons (Fsp3) is 0.786. The lowest BCUT2D eigenvalue weighted by Gasteiger charge is -2.26. The van der Waals surface area contributed by atoms with E-state index >= 15 is 0 Å². The molecule has 3 fully saturated rings. The molecular weight excluding hydrogens is 240 g/mol. The fourth-order valence-corrected chi connectivity index (χ4v) is 3.39. The minimum atomic E-state index is 0.172. The maximum Gasteiger partial charge on any atom is 0.111 e. The largest absolute Gasteiger partial charge is 0.369 e. The van der Waals surface area contributed by atoms with E-state index in [4.69, 9.17) is 4.74 Å². The molecule has 5 nitrogen and oxygen atoms in total. The van der Waals surface area contributed by atoms with Gasteiger partial charge in [-0.3, -0.25) is 4.90 Å². The second-order valence-corrected chi connectivity index (χ2v) is 5.96. The van der Waals surface area contributed by atoms with Crippen LogP contribution < -0.4 is 5.32 Å². The monoisotopic (exact) mass is 262 g/mol. The maximum absolute atomic E-state index is 5.87. The van der Waals surface area contributed by atoms with Gasteiger partial charge in [-0.05, 0) is 19.3 Å². The van der Waals surface area contributed by atoms with Crippen molar-refractivity contribution in [2.75, 3.05) is 32.8 Å². The molecule has 2 unspecified atom stereocenters. The van der Waals surface area contributed by atoms with Gasteiger partial charge in [-0.15, -0.1) is 0 Å². The van der Waals surface area contributed by atoms with E-state index in [0.29, 0.717) is 6.04 Å². The number of morpholine rings is 1. The van der Waals surface area contributed by atoms with Gasteiger partial charge in [0.25, 0.3) is 0 Å². The van der Waals surface area contributed by atoms with Crippen molar-refractivity contribution in [2.24, 2.45) is 0 Å². The summed E-state index contributed by atoms with van der Waals surface area (Å²) in [6.07, 6.45) is 8.20. The lowest BCUT2D eigenvalue weighted by Crippen LogP contribution is -2.34. The van der Waals surface area contributed by atoms with Crippen LogP contribution in [-0.2, 0) is 4.74 Å². The lowest BCUT2D eigenvalue weighted by molar-refractivity contribution is 0.0220. The zero-order valence-electron chi connectivity index (χ0n) is 11.3. The number of nitrogens with zero attached hydrogens (tertiary/aromatic N) is 3. The third-order valence-corrected chi connectivity index (χ3v) is 4.60. The minimum Gasteiger partial charge on any atom is -0.369 e. The Morgan fingerprint density at radius 1 is 1.26 bits per heavy atom. The molecule has 4 rings (SSSR count). The highest BCUT2D eigenvalue weighted by Crippen LogP contribution is 2.34. The van der Waals surface area contributed by atoms with Gasteiger partial charge in [0, 0.05) is 38.3 Å². The van der Waals surface area contributed by atoms with Crippen LogP contribution >= 0.6 is 0 Å². The molecule has 0 aromatic carbocycles. The summed E-state index contributed by atoms with van der Waals surface area (Å²) >= 11 is 0. The van der Waals surface area contributed by atoms with E-state index in [1.807, 2.05) is 12.5 Å². The Balaban J connectivity index is 1.50. The van der Waals surface area contributed by atoms with Crippen LogP contribution in [0.5, 0.6) is 0 Å². The van der Waals surface area contributed by atoms with Crippen LogP contribution in [0.1, 0.15) is 37.1 Å². The van der Waals surface area contributed by atoms with E-state index in [1.54, 1.807) is 0 Å². The molecule has 0 amide bonds. The van der Waals surface area contributed by atoms with E-state index in [2.05, 4.69) is 19.8 Å². The summed E-state index contributed by atoms with van der Waals surface area (Å²) in [6.45, 7) is 5.11. The number of aromatic nitrogens is 2. The van der Waals surface area contributed by atoms with Crippen LogP contribution in [0, 0.1) is 0 Å². The first-order valence-electron chi connectivity index (χ1n) is 7.50. The Bertz CT molecular complexity index is 436. The Morgan fingerprint density at radius 2 is 2.21 bits per heavy atom. The predicted octanol–water partition coefficient (Wildman–Crippen LogP) is 0.953. The van der Waals surface area contributed by atoms with Gasteiger partial charge in [0.2, 0.25) is 0 Å². The Kier molecular flexibility index (Phi) is 3.06. The summed E-state index contributed by atoms with van der Waals surface area (Å²) in [7, 11) is 0. The molecule has 1 aromatic heterocycles. The quantitative estimate of drug-likeness (QED) is 0.881. The zero-order valence-corrected chi connectivity index (χ0v) is 11.3. The average molecular weight is 262 g/mol. The highest BCUT2D eigenvalue weighted by molar-refractivity contribution is 5.08. The smallest absolute Gasteiger partial charge is 0.111 e. The molecule has 1 N–H and O–H groups in total. The molecule has 1 aliphatic carbocycles. The van der Waals surface area contributed by atoms with E-state index in [9.17, 15) is 0 Å². The number of imidazole rings is 1. The molecule has 0 bridgehead atoms. The van der Waals surface area contributed by atoms with Crippen LogP contribution in [0.25, 0.3) is 0 Å². The van der Waals surface area contributed by atoms with Crippen LogP contribution in [0.2, 0.25) is 0 Å². The Labute approximate surface area is 113 Å². The second-order valence-electron chi connectivity index (χ2n) is 5.96. The van der Waals surface area contributed by atoms with Gasteiger partial charge >= 0.3 is 0 Å². The van der Waals surface area contributed by atoms with Crippen molar-refractivity contribution >= 4 is 0 Å². The molecule has 1 aromatic rings. The topological polar surface area (TPSA) is 42.3 Å². The summed E-state index contributed by atoms with van der Waals surface area (Å²) in [5.74, 6) is 0. The molecule has 3 aliphatic rings. The van der Waals surface area contributed by atoms with Gasteiger partial charge in [-0.25, -0.2) is 4.98 Å². The molecule has 2 atom stereocenters. The number of hydrogen-bond acceptors (Lipinski definition) is 4. The maximum atomic E-state index is 5.87. The highest BCUT2D eigenvalue weighted by atomic mass is 16.5. The van der Waals surface area contributed by atoms with Crippen LogP contribution in [0.3, 0.4) is 0 Å². The number of nitrogens with one attached hydrogen (secondary N) is 1. The number of hydrogen-bond donors (Lipinski definition) is 1. The minimum absolute atomic E-state index is 0.172. The lowest BCUT2D eigenvalue weighted by atomic mass is 10.2. The third-order valence-electron chi connectivity index (χ3n) is 4.60. The Hall–Kier alpha value is -0.910. The molecule has 19 heavy (non-hydrogen) atoms. The van der Waals surface area contributed by atoms with Crippen LogP contribution in [0.4, 0.5) is 0 Å². The average Bonchev–Trinajstić information content (AvgIpc) is 3.02. The van der Waals surface area contributed by atoms with Crippen molar-refractivity contribution in [1.82, 2.24) is 19.8 Å². The van der Waals surface area contributed by atoms with Gasteiger partial charge in [0.15, 0.2) is 0 Å². The first-order valence-corrected chi connectivity index (χ1v) is 7.50. The van der Waals surface area contributed by atoms with Crippen molar-refractivity contribution in [3.05, 3.63) is 18.2 Å². The van der Waals surface area contributed by atoms with Crippen molar-refractivity contribution in [3.8, 4) is 0 Å². The first kappa shape index (κ1) is 11.9. The van der Waals surface area contributed by atoms with Crippen LogP contribution in [-0.4, -0.2) is 53.3 Å². The van der Waals surface area contributed by atoms with E-state index in [-0.39, 0.29) is 6.10 Å². The normalized spacial score (nSPS) is 32.8. The summed E-state index contributed by atoms with van der Waals surface area (Å²) in [4.78, 5) is 7.01. The Morgan fingerprint density at radius 3 is 3.00 bits per heavy atom. The van der Waals surface area contributed by atoms with Crippen molar-refractivity contribution in [2.45, 2.75) is 37.5 Å². The molecular formula is C14H22N4O. The molecule has 5 heteroatoms. The predicted molar refractivity (Wildman–Crippen MR) is 72.0 cm³/mol. The van der Waals surface area contributed by atoms with Gasteiger partial charge in [-0.2, -0.15) is 0 Å². The van der Waals surface area contributed by atoms with Gasteiger partial charge < -0.3 is 14.6 Å². The highest BCUT2D eigenvalue weighted by Gasteiger charge is 2.36. The molecule has 3 heterocycles. The molecule has 1 saturated carbocycles. The number of rotatable bonds is 3. The molecule has 2 saturated heterocycles. The fourth-order valence-electron chi connectivity index (χ4n) is 3.39. The van der Waals surface area contributed by atoms with Gasteiger partial charge in [0.05, 0.1) is 24.8 Å². The van der Waals surface area contributed by atoms with E-state index in [1.165, 1.54) is 38.0 Å². The molecule has 0 radical (unpaired) electrons. The summed E-state index contributed by atoms with van der Waals surface area (Å²) in [5, 5.41) is 3.40. The summed E-state index contributed by atoms with van der Waals surface area (Å²) in [6, 6.07) is 1.47. The molecule has 0 spiro atoms. The van der Waals surface area contributed by atoms with E-state index in [0.717, 1.165) is 25.7 Å². The van der Waals surface area contributed by atoms with E-state index < -0.39 is 0 Å². The third kappa shape index (κ3) is 2.30. The SMILES string of the molecule is c1ncn(C2CCN(C3CC3)C2)c1C1CNCCO1. The number of likely N-dealkylation sites (tertiary alicyclic amines) is 1. The van der Waals surface area contributed by atoms with Crippen LogP contribution in [0.15, 0.2) is 12.5 Å². The summed E-state index contributed by atoms with van der Waals surface area (Å²) in [5.41, 5.74) is 1.25. The van der Waals surface area contributed by atoms with Crippen molar-refractivity contribution in [3.63, 3.8) is 0 Å². The molecule has 104 valence electrons. The first-order chi connectivity index (χ1) is 9.42. The molecule has 2 aliphatic heterocycles. The van der Waals surface area contributed by atoms with Gasteiger partial charge in [-0.1, -0.05) is 0 Å². The second kappa shape index (κ2) is 4.89.